The fourth-order valence-electron chi connectivity index (χ4n) is 1.63. The van der Waals surface area contributed by atoms with E-state index in [4.69, 9.17) is 5.26 Å². The summed E-state index contributed by atoms with van der Waals surface area (Å²) >= 11 is 1.32. The van der Waals surface area contributed by atoms with E-state index in [9.17, 15) is 4.79 Å². The first-order chi connectivity index (χ1) is 8.26. The topological polar surface area (TPSA) is 77.3 Å². The smallest absolute Gasteiger partial charge is 0.254 e. The average molecular weight is 246 g/mol. The molecule has 5 nitrogen and oxygen atoms in total. The number of hydrogen-bond acceptors (Lipinski definition) is 4. The third kappa shape index (κ3) is 2.24. The van der Waals surface area contributed by atoms with Gasteiger partial charge in [0.05, 0.1) is 11.3 Å². The Morgan fingerprint density at radius 2 is 2.47 bits per heavy atom. The van der Waals surface area contributed by atoms with Crippen molar-refractivity contribution in [3.05, 3.63) is 29.3 Å². The second-order valence-corrected chi connectivity index (χ2v) is 4.15. The van der Waals surface area contributed by atoms with Gasteiger partial charge >= 0.3 is 0 Å². The predicted octanol–water partition coefficient (Wildman–Crippen LogP) is 1.35. The number of fused-ring (bicyclic) bond motifs is 1. The van der Waals surface area contributed by atoms with E-state index in [2.05, 4.69) is 15.6 Å². The molecule has 1 aromatic carbocycles. The summed E-state index contributed by atoms with van der Waals surface area (Å²) in [6.07, 6.45) is 3.63. The summed E-state index contributed by atoms with van der Waals surface area (Å²) in [7, 11) is 0. The predicted molar refractivity (Wildman–Crippen MR) is 67.0 cm³/mol. The molecular weight excluding hydrogens is 236 g/mol. The Morgan fingerprint density at radius 1 is 1.65 bits per heavy atom. The SMILES string of the molecule is CSC(=Nc1cccc2c1C(=O)NC2)NC#N. The van der Waals surface area contributed by atoms with E-state index in [0.717, 1.165) is 5.56 Å². The molecule has 0 saturated carbocycles. The Labute approximate surface area is 103 Å². The summed E-state index contributed by atoms with van der Waals surface area (Å²) in [6, 6.07) is 5.50. The van der Waals surface area contributed by atoms with Gasteiger partial charge in [0.15, 0.2) is 11.4 Å². The van der Waals surface area contributed by atoms with E-state index in [1.54, 1.807) is 6.07 Å². The highest BCUT2D eigenvalue weighted by atomic mass is 32.2. The van der Waals surface area contributed by atoms with Crippen molar-refractivity contribution in [3.63, 3.8) is 0 Å². The van der Waals surface area contributed by atoms with Crippen molar-refractivity contribution in [1.29, 1.82) is 5.26 Å². The number of amidine groups is 1. The monoisotopic (exact) mass is 246 g/mol. The molecule has 1 aromatic rings. The summed E-state index contributed by atoms with van der Waals surface area (Å²) in [6.45, 7) is 0.539. The Kier molecular flexibility index (Phi) is 3.30. The molecule has 2 rings (SSSR count). The summed E-state index contributed by atoms with van der Waals surface area (Å²) in [4.78, 5) is 15.9. The van der Waals surface area contributed by atoms with Crippen molar-refractivity contribution >= 4 is 28.5 Å². The van der Waals surface area contributed by atoms with Crippen molar-refractivity contribution < 1.29 is 4.79 Å². The van der Waals surface area contributed by atoms with Crippen molar-refractivity contribution in [2.75, 3.05) is 6.26 Å². The second-order valence-electron chi connectivity index (χ2n) is 3.35. The van der Waals surface area contributed by atoms with Crippen LogP contribution in [0, 0.1) is 11.5 Å². The largest absolute Gasteiger partial charge is 0.348 e. The van der Waals surface area contributed by atoms with Gasteiger partial charge in [0, 0.05) is 6.54 Å². The molecule has 0 radical (unpaired) electrons. The van der Waals surface area contributed by atoms with Gasteiger partial charge in [-0.1, -0.05) is 23.9 Å². The van der Waals surface area contributed by atoms with Gasteiger partial charge in [-0.15, -0.1) is 0 Å². The van der Waals surface area contributed by atoms with Crippen LogP contribution in [0.25, 0.3) is 0 Å². The molecule has 6 heteroatoms. The number of carbonyl (C=O) groups is 1. The van der Waals surface area contributed by atoms with E-state index in [1.165, 1.54) is 11.8 Å². The molecule has 86 valence electrons. The van der Waals surface area contributed by atoms with E-state index in [0.29, 0.717) is 23.0 Å². The van der Waals surface area contributed by atoms with Crippen LogP contribution in [-0.4, -0.2) is 17.3 Å². The number of carbonyl (C=O) groups excluding carboxylic acids is 1. The number of nitrogens with zero attached hydrogens (tertiary/aromatic N) is 2. The first-order valence-corrected chi connectivity index (χ1v) is 6.16. The first-order valence-electron chi connectivity index (χ1n) is 4.94. The minimum atomic E-state index is -0.114. The Morgan fingerprint density at radius 3 is 3.18 bits per heavy atom. The van der Waals surface area contributed by atoms with Gasteiger partial charge in [-0.2, -0.15) is 5.26 Å². The molecular formula is C11H10N4OS. The summed E-state index contributed by atoms with van der Waals surface area (Å²) < 4.78 is 0. The number of hydrogen-bond donors (Lipinski definition) is 2. The summed E-state index contributed by atoms with van der Waals surface area (Å²) in [5.41, 5.74) is 2.12. The Balaban J connectivity index is 2.44. The number of nitriles is 1. The quantitative estimate of drug-likeness (QED) is 0.339. The van der Waals surface area contributed by atoms with E-state index >= 15 is 0 Å². The molecule has 0 atom stereocenters. The Hall–Kier alpha value is -2.00. The van der Waals surface area contributed by atoms with E-state index in [-0.39, 0.29) is 5.91 Å². The van der Waals surface area contributed by atoms with Crippen molar-refractivity contribution in [2.45, 2.75) is 6.54 Å². The van der Waals surface area contributed by atoms with Crippen LogP contribution in [0.15, 0.2) is 23.2 Å². The van der Waals surface area contributed by atoms with Crippen LogP contribution in [0.5, 0.6) is 0 Å². The maximum atomic E-state index is 11.6. The number of amides is 1. The highest BCUT2D eigenvalue weighted by Gasteiger charge is 2.22. The molecule has 1 aliphatic heterocycles. The van der Waals surface area contributed by atoms with Crippen LogP contribution in [0.2, 0.25) is 0 Å². The molecule has 1 amide bonds. The molecule has 0 aliphatic carbocycles. The van der Waals surface area contributed by atoms with Crippen LogP contribution in [0.1, 0.15) is 15.9 Å². The molecule has 1 aliphatic rings. The van der Waals surface area contributed by atoms with Gasteiger partial charge in [-0.05, 0) is 17.9 Å². The fraction of sp³-hybridized carbons (Fsp3) is 0.182. The summed E-state index contributed by atoms with van der Waals surface area (Å²) in [5.74, 6) is -0.114. The minimum absolute atomic E-state index is 0.114. The standard InChI is InChI=1S/C11H10N4OS/c1-17-11(14-6-12)15-8-4-2-3-7-5-13-10(16)9(7)8/h2-4H,5H2,1H3,(H,13,16)(H,14,15). The van der Waals surface area contributed by atoms with Crippen LogP contribution < -0.4 is 10.6 Å². The first kappa shape index (κ1) is 11.5. The molecule has 17 heavy (non-hydrogen) atoms. The number of aliphatic imine (C=N–C) groups is 1. The highest BCUT2D eigenvalue weighted by molar-refractivity contribution is 8.13. The van der Waals surface area contributed by atoms with Crippen LogP contribution in [0.3, 0.4) is 0 Å². The Bertz CT molecular complexity index is 533. The molecule has 2 N–H and O–H groups in total. The molecule has 0 aromatic heterocycles. The second kappa shape index (κ2) is 4.89. The molecule has 0 fully saturated rings. The number of thioether (sulfide) groups is 1. The lowest BCUT2D eigenvalue weighted by Gasteiger charge is -2.03. The molecule has 1 heterocycles. The fourth-order valence-corrected chi connectivity index (χ4v) is 1.97. The maximum absolute atomic E-state index is 11.6. The van der Waals surface area contributed by atoms with Gasteiger partial charge in [0.1, 0.15) is 0 Å². The number of rotatable bonds is 1. The lowest BCUT2D eigenvalue weighted by molar-refractivity contribution is 0.0966. The van der Waals surface area contributed by atoms with Crippen molar-refractivity contribution in [3.8, 4) is 6.19 Å². The number of benzene rings is 1. The zero-order valence-electron chi connectivity index (χ0n) is 9.15. The van der Waals surface area contributed by atoms with Gasteiger partial charge in [0.25, 0.3) is 5.91 Å². The molecule has 0 saturated heterocycles. The number of nitrogens with one attached hydrogen (secondary N) is 2. The van der Waals surface area contributed by atoms with Crippen LogP contribution in [0.4, 0.5) is 5.69 Å². The van der Waals surface area contributed by atoms with Crippen molar-refractivity contribution in [2.24, 2.45) is 4.99 Å². The zero-order chi connectivity index (χ0) is 12.3. The van der Waals surface area contributed by atoms with E-state index in [1.807, 2.05) is 24.6 Å². The lowest BCUT2D eigenvalue weighted by atomic mass is 10.1. The maximum Gasteiger partial charge on any atom is 0.254 e. The van der Waals surface area contributed by atoms with Gasteiger partial charge in [-0.3, -0.25) is 10.1 Å². The zero-order valence-corrected chi connectivity index (χ0v) is 9.97. The normalized spacial score (nSPS) is 13.9. The highest BCUT2D eigenvalue weighted by Crippen LogP contribution is 2.27. The van der Waals surface area contributed by atoms with Crippen molar-refractivity contribution in [1.82, 2.24) is 10.6 Å². The summed E-state index contributed by atoms with van der Waals surface area (Å²) in [5, 5.41) is 14.3. The van der Waals surface area contributed by atoms with Gasteiger partial charge in [-0.25, -0.2) is 4.99 Å². The average Bonchev–Trinajstić information content (AvgIpc) is 2.72. The van der Waals surface area contributed by atoms with Crippen LogP contribution in [-0.2, 0) is 6.54 Å². The van der Waals surface area contributed by atoms with Gasteiger partial charge in [0.2, 0.25) is 0 Å². The van der Waals surface area contributed by atoms with Gasteiger partial charge < -0.3 is 5.32 Å². The van der Waals surface area contributed by atoms with Crippen LogP contribution >= 0.6 is 11.8 Å². The minimum Gasteiger partial charge on any atom is -0.348 e. The third-order valence-corrected chi connectivity index (χ3v) is 2.95. The molecule has 0 spiro atoms. The van der Waals surface area contributed by atoms with E-state index < -0.39 is 0 Å². The molecule has 0 unspecified atom stereocenters. The lowest BCUT2D eigenvalue weighted by Crippen LogP contribution is -2.14. The third-order valence-electron chi connectivity index (χ3n) is 2.37. The molecule has 0 bridgehead atoms.